The molecule has 12 nitrogen and oxygen atoms in total. The van der Waals surface area contributed by atoms with Crippen LogP contribution in [0.25, 0.3) is 0 Å². The van der Waals surface area contributed by atoms with Gasteiger partial charge in [0.15, 0.2) is 12.1 Å². The summed E-state index contributed by atoms with van der Waals surface area (Å²) in [4.78, 5) is 27.2. The van der Waals surface area contributed by atoms with Crippen LogP contribution in [0.5, 0.6) is 17.2 Å². The number of carbonyl (C=O) groups excluding carboxylic acids is 2. The molecule has 0 amide bonds. The number of ketones is 2. The highest BCUT2D eigenvalue weighted by atomic mass is 16.7. The van der Waals surface area contributed by atoms with Crippen molar-refractivity contribution in [3.05, 3.63) is 51.6 Å². The highest BCUT2D eigenvalue weighted by Gasteiger charge is 2.49. The molecule has 3 aliphatic rings. The van der Waals surface area contributed by atoms with Crippen molar-refractivity contribution in [1.29, 1.82) is 0 Å². The highest BCUT2D eigenvalue weighted by molar-refractivity contribution is 6.31. The summed E-state index contributed by atoms with van der Waals surface area (Å²) in [5.74, 6) is -2.51. The van der Waals surface area contributed by atoms with Crippen molar-refractivity contribution in [2.75, 3.05) is 7.11 Å². The van der Waals surface area contributed by atoms with E-state index in [0.717, 1.165) is 0 Å². The summed E-state index contributed by atoms with van der Waals surface area (Å²) in [6.45, 7) is 2.99. The molecule has 2 aliphatic carbocycles. The van der Waals surface area contributed by atoms with Gasteiger partial charge in [0.25, 0.3) is 0 Å². The largest absolute Gasteiger partial charge is 0.507 e. The Morgan fingerprint density at radius 1 is 1.15 bits per heavy atom. The van der Waals surface area contributed by atoms with Gasteiger partial charge in [0.05, 0.1) is 47.8 Å². The van der Waals surface area contributed by atoms with E-state index >= 15 is 0 Å². The molecule has 1 aliphatic heterocycles. The molecule has 5 rings (SSSR count). The van der Waals surface area contributed by atoms with E-state index in [4.69, 9.17) is 19.9 Å². The van der Waals surface area contributed by atoms with Gasteiger partial charge in [-0.05, 0) is 19.9 Å². The second kappa shape index (κ2) is 9.57. The number of hydrogen-bond acceptors (Lipinski definition) is 12. The second-order valence-corrected chi connectivity index (χ2v) is 10.3. The van der Waals surface area contributed by atoms with Gasteiger partial charge in [0.2, 0.25) is 5.78 Å². The Morgan fingerprint density at radius 2 is 1.85 bits per heavy atom. The lowest BCUT2D eigenvalue weighted by atomic mass is 9.72. The number of rotatable bonds is 4. The molecule has 2 aromatic rings. The van der Waals surface area contributed by atoms with Crippen LogP contribution in [0.1, 0.15) is 75.8 Å². The van der Waals surface area contributed by atoms with E-state index in [2.05, 4.69) is 5.16 Å². The molecule has 12 heteroatoms. The summed E-state index contributed by atoms with van der Waals surface area (Å²) in [6.07, 6.45) is -4.34. The molecule has 0 spiro atoms. The fourth-order valence-electron chi connectivity index (χ4n) is 5.76. The third-order valence-electron chi connectivity index (χ3n) is 7.97. The number of aliphatic hydroxyl groups is 2. The SMILES string of the molecule is COc1cccc2c1C(=O)c1c(O)c3c(c(O)c1C2=O)C[C@@](O)(/C(C)=N\O)C[C@@H]3O[C@H]1C[C@@H](N)[C@@H](O)[C@@H](C)O1. The third kappa shape index (κ3) is 4.07. The zero-order valence-electron chi connectivity index (χ0n) is 21.5. The van der Waals surface area contributed by atoms with Gasteiger partial charge in [-0.3, -0.25) is 9.59 Å². The molecule has 2 aromatic carbocycles. The molecule has 0 aromatic heterocycles. The van der Waals surface area contributed by atoms with Crippen LogP contribution in [0.4, 0.5) is 0 Å². The van der Waals surface area contributed by atoms with Crippen LogP contribution in [0.2, 0.25) is 0 Å². The zero-order valence-corrected chi connectivity index (χ0v) is 21.5. The Kier molecular flexibility index (Phi) is 6.64. The van der Waals surface area contributed by atoms with E-state index in [9.17, 15) is 35.2 Å². The van der Waals surface area contributed by atoms with Crippen molar-refractivity contribution in [1.82, 2.24) is 0 Å². The van der Waals surface area contributed by atoms with Crippen molar-refractivity contribution in [3.8, 4) is 17.2 Å². The number of nitrogens with two attached hydrogens (primary N) is 1. The van der Waals surface area contributed by atoms with Crippen LogP contribution in [0.3, 0.4) is 0 Å². The predicted molar refractivity (Wildman–Crippen MR) is 135 cm³/mol. The van der Waals surface area contributed by atoms with Gasteiger partial charge in [-0.2, -0.15) is 0 Å². The van der Waals surface area contributed by atoms with E-state index in [1.165, 1.54) is 32.2 Å². The number of hydrogen-bond donors (Lipinski definition) is 6. The van der Waals surface area contributed by atoms with Gasteiger partial charge < -0.3 is 45.6 Å². The standard InChI is InChI=1S/C27H30N2O10/c1-10-22(30)14(28)7-17(38-10)39-16-9-27(35,11(2)29-36)8-13-19(16)26(34)21-20(24(13)32)23(31)12-5-4-6-15(37-3)18(12)25(21)33/h4-6,10,14,16-17,22,30,32,34-36H,7-9,28H2,1-3H3/b29-11-/t10-,14-,16+,17+,22+,27+/m1/s1. The predicted octanol–water partition coefficient (Wildman–Crippen LogP) is 1.29. The summed E-state index contributed by atoms with van der Waals surface area (Å²) in [5.41, 5.74) is 3.14. The number of phenolic OH excluding ortho intramolecular Hbond substituents is 2. The van der Waals surface area contributed by atoms with Crippen LogP contribution >= 0.6 is 0 Å². The number of fused-ring (bicyclic) bond motifs is 3. The first-order chi connectivity index (χ1) is 18.4. The number of ether oxygens (including phenoxy) is 3. The molecule has 1 heterocycles. The summed E-state index contributed by atoms with van der Waals surface area (Å²) in [7, 11) is 1.34. The van der Waals surface area contributed by atoms with Gasteiger partial charge in [0, 0.05) is 42.0 Å². The molecule has 208 valence electrons. The van der Waals surface area contributed by atoms with Crippen LogP contribution in [-0.4, -0.2) is 80.2 Å². The van der Waals surface area contributed by atoms with E-state index in [1.54, 1.807) is 6.92 Å². The summed E-state index contributed by atoms with van der Waals surface area (Å²) < 4.78 is 17.2. The molecular weight excluding hydrogens is 512 g/mol. The molecule has 0 bridgehead atoms. The molecule has 0 saturated carbocycles. The summed E-state index contributed by atoms with van der Waals surface area (Å²) in [6, 6.07) is 3.77. The van der Waals surface area contributed by atoms with Crippen LogP contribution < -0.4 is 10.5 Å². The number of phenols is 2. The van der Waals surface area contributed by atoms with E-state index in [1.807, 2.05) is 0 Å². The van der Waals surface area contributed by atoms with Gasteiger partial charge in [-0.1, -0.05) is 17.3 Å². The van der Waals surface area contributed by atoms with E-state index in [0.29, 0.717) is 0 Å². The maximum atomic E-state index is 13.7. The topological polar surface area (TPSA) is 201 Å². The Bertz CT molecular complexity index is 1390. The first-order valence-electron chi connectivity index (χ1n) is 12.5. The molecule has 6 atom stereocenters. The minimum absolute atomic E-state index is 0.00869. The molecular formula is C27H30N2O10. The third-order valence-corrected chi connectivity index (χ3v) is 7.97. The number of methoxy groups -OCH3 is 1. The Balaban J connectivity index is 1.69. The van der Waals surface area contributed by atoms with Gasteiger partial charge in [-0.25, -0.2) is 0 Å². The molecule has 1 saturated heterocycles. The lowest BCUT2D eigenvalue weighted by Crippen LogP contribution is -2.52. The molecule has 7 N–H and O–H groups in total. The van der Waals surface area contributed by atoms with Crippen molar-refractivity contribution in [2.24, 2.45) is 10.9 Å². The van der Waals surface area contributed by atoms with Crippen LogP contribution in [0.15, 0.2) is 23.4 Å². The summed E-state index contributed by atoms with van der Waals surface area (Å²) >= 11 is 0. The molecule has 0 unspecified atom stereocenters. The Labute approximate surface area is 223 Å². The monoisotopic (exact) mass is 542 g/mol. The number of aliphatic hydroxyl groups excluding tert-OH is 1. The minimum atomic E-state index is -1.85. The first kappa shape index (κ1) is 27.0. The maximum Gasteiger partial charge on any atom is 0.202 e. The average Bonchev–Trinajstić information content (AvgIpc) is 2.90. The van der Waals surface area contributed by atoms with Gasteiger partial charge in [-0.15, -0.1) is 0 Å². The Morgan fingerprint density at radius 3 is 2.49 bits per heavy atom. The number of carbonyl (C=O) groups is 2. The zero-order chi connectivity index (χ0) is 28.4. The van der Waals surface area contributed by atoms with Crippen LogP contribution in [0, 0.1) is 0 Å². The number of oxime groups is 1. The second-order valence-electron chi connectivity index (χ2n) is 10.3. The fourth-order valence-corrected chi connectivity index (χ4v) is 5.76. The minimum Gasteiger partial charge on any atom is -0.507 e. The van der Waals surface area contributed by atoms with Gasteiger partial charge in [0.1, 0.15) is 22.8 Å². The number of aromatic hydroxyl groups is 2. The van der Waals surface area contributed by atoms with E-state index in [-0.39, 0.29) is 53.0 Å². The highest BCUT2D eigenvalue weighted by Crippen LogP contribution is 2.52. The molecule has 1 fully saturated rings. The van der Waals surface area contributed by atoms with Crippen LogP contribution in [-0.2, 0) is 15.9 Å². The number of nitrogens with zero attached hydrogens (tertiary/aromatic N) is 1. The fraction of sp³-hybridized carbons (Fsp3) is 0.444. The lowest BCUT2D eigenvalue weighted by Gasteiger charge is -2.42. The molecule has 39 heavy (non-hydrogen) atoms. The normalized spacial score (nSPS) is 30.4. The van der Waals surface area contributed by atoms with E-state index < -0.39 is 70.4 Å². The van der Waals surface area contributed by atoms with Crippen molar-refractivity contribution >= 4 is 17.3 Å². The lowest BCUT2D eigenvalue weighted by molar-refractivity contribution is -0.245. The van der Waals surface area contributed by atoms with Crippen molar-refractivity contribution in [2.45, 2.75) is 69.4 Å². The first-order valence-corrected chi connectivity index (χ1v) is 12.5. The van der Waals surface area contributed by atoms with Gasteiger partial charge >= 0.3 is 0 Å². The average molecular weight is 543 g/mol. The number of benzene rings is 2. The maximum absolute atomic E-state index is 13.7. The smallest absolute Gasteiger partial charge is 0.202 e. The van der Waals surface area contributed by atoms with Crippen molar-refractivity contribution < 1.29 is 49.4 Å². The quantitative estimate of drug-likeness (QED) is 0.120. The summed E-state index contributed by atoms with van der Waals surface area (Å²) in [5, 5.41) is 57.1. The van der Waals surface area contributed by atoms with Crippen molar-refractivity contribution in [3.63, 3.8) is 0 Å². The molecule has 0 radical (unpaired) electrons. The Hall–Kier alpha value is -3.55.